The van der Waals surface area contributed by atoms with Gasteiger partial charge >= 0.3 is 0 Å². The van der Waals surface area contributed by atoms with Gasteiger partial charge in [-0.3, -0.25) is 0 Å². The molecule has 0 radical (unpaired) electrons. The van der Waals surface area contributed by atoms with E-state index in [1.54, 1.807) is 33.5 Å². The molecule has 5 nitrogen and oxygen atoms in total. The number of ether oxygens (including phenoxy) is 3. The summed E-state index contributed by atoms with van der Waals surface area (Å²) in [5.74, 6) is 1.68. The average Bonchev–Trinajstić information content (AvgIpc) is 2.42. The lowest BCUT2D eigenvalue weighted by atomic mass is 9.82. The normalized spacial score (nSPS) is 14.6. The number of hydrogen-bond donors (Lipinski definition) is 2. The highest BCUT2D eigenvalue weighted by Crippen LogP contribution is 2.39. The first-order chi connectivity index (χ1) is 9.26. The van der Waals surface area contributed by atoms with Crippen LogP contribution in [0.2, 0.25) is 0 Å². The first kappa shape index (κ1) is 16.6. The third-order valence-corrected chi connectivity index (χ3v) is 3.32. The van der Waals surface area contributed by atoms with Crippen molar-refractivity contribution in [1.29, 1.82) is 0 Å². The highest BCUT2D eigenvalue weighted by atomic mass is 16.5. The lowest BCUT2D eigenvalue weighted by Crippen LogP contribution is -2.37. The van der Waals surface area contributed by atoms with Gasteiger partial charge in [0.2, 0.25) is 0 Å². The van der Waals surface area contributed by atoms with Crippen LogP contribution < -0.4 is 19.9 Å². The van der Waals surface area contributed by atoms with Crippen molar-refractivity contribution < 1.29 is 19.3 Å². The molecule has 0 spiro atoms. The molecule has 0 bridgehead atoms. The molecule has 2 atom stereocenters. The van der Waals surface area contributed by atoms with Gasteiger partial charge in [-0.2, -0.15) is 0 Å². The number of hydrogen-bond acceptors (Lipinski definition) is 5. The van der Waals surface area contributed by atoms with Gasteiger partial charge in [0.15, 0.2) is 11.5 Å². The average molecular weight is 283 g/mol. The van der Waals surface area contributed by atoms with Crippen molar-refractivity contribution >= 4 is 0 Å². The molecule has 114 valence electrons. The maximum absolute atomic E-state index is 10.4. The summed E-state index contributed by atoms with van der Waals surface area (Å²) in [6.45, 7) is 5.81. The van der Waals surface area contributed by atoms with Crippen molar-refractivity contribution in [2.75, 3.05) is 21.3 Å². The Hall–Kier alpha value is -1.46. The third-order valence-electron chi connectivity index (χ3n) is 3.32. The van der Waals surface area contributed by atoms with E-state index in [9.17, 15) is 5.11 Å². The van der Waals surface area contributed by atoms with Gasteiger partial charge in [-0.15, -0.1) is 0 Å². The molecule has 0 saturated carbocycles. The van der Waals surface area contributed by atoms with Crippen LogP contribution in [0.25, 0.3) is 0 Å². The van der Waals surface area contributed by atoms with E-state index in [4.69, 9.17) is 19.9 Å². The molecule has 0 aliphatic rings. The molecular formula is C15H25NO4. The molecule has 5 heteroatoms. The van der Waals surface area contributed by atoms with Gasteiger partial charge in [-0.05, 0) is 11.5 Å². The van der Waals surface area contributed by atoms with Gasteiger partial charge in [0.1, 0.15) is 5.75 Å². The summed E-state index contributed by atoms with van der Waals surface area (Å²) in [6, 6.07) is 2.88. The lowest BCUT2D eigenvalue weighted by molar-refractivity contribution is 0.0394. The smallest absolute Gasteiger partial charge is 0.164 e. The number of benzene rings is 1. The lowest BCUT2D eigenvalue weighted by Gasteiger charge is -2.32. The van der Waals surface area contributed by atoms with Crippen LogP contribution in [0.1, 0.15) is 32.4 Å². The largest absolute Gasteiger partial charge is 0.496 e. The van der Waals surface area contributed by atoms with Gasteiger partial charge in [0.05, 0.1) is 33.5 Å². The van der Waals surface area contributed by atoms with Crippen molar-refractivity contribution in [1.82, 2.24) is 0 Å². The summed E-state index contributed by atoms with van der Waals surface area (Å²) < 4.78 is 15.9. The predicted molar refractivity (Wildman–Crippen MR) is 78.5 cm³/mol. The van der Waals surface area contributed by atoms with E-state index < -0.39 is 12.1 Å². The first-order valence-electron chi connectivity index (χ1n) is 6.49. The van der Waals surface area contributed by atoms with Gasteiger partial charge in [-0.25, -0.2) is 0 Å². The summed E-state index contributed by atoms with van der Waals surface area (Å²) in [7, 11) is 4.67. The minimum atomic E-state index is -0.713. The van der Waals surface area contributed by atoms with Crippen molar-refractivity contribution in [2.24, 2.45) is 11.1 Å². The van der Waals surface area contributed by atoms with E-state index in [2.05, 4.69) is 0 Å². The van der Waals surface area contributed by atoms with Crippen molar-refractivity contribution in [3.63, 3.8) is 0 Å². The van der Waals surface area contributed by atoms with Crippen LogP contribution in [-0.2, 0) is 0 Å². The van der Waals surface area contributed by atoms with Crippen LogP contribution >= 0.6 is 0 Å². The monoisotopic (exact) mass is 283 g/mol. The quantitative estimate of drug-likeness (QED) is 0.866. The number of rotatable bonds is 5. The van der Waals surface area contributed by atoms with Gasteiger partial charge in [0, 0.05) is 11.6 Å². The predicted octanol–water partition coefficient (Wildman–Crippen LogP) is 2.12. The number of nitrogens with two attached hydrogens (primary N) is 1. The van der Waals surface area contributed by atoms with Gasteiger partial charge in [-0.1, -0.05) is 20.8 Å². The SMILES string of the molecule is COc1cc(OC)c([C@@H](N)[C@@H](O)C(C)(C)C)cc1OC. The van der Waals surface area contributed by atoms with E-state index in [0.717, 1.165) is 0 Å². The van der Waals surface area contributed by atoms with Crippen LogP contribution in [-0.4, -0.2) is 32.5 Å². The molecule has 0 heterocycles. The fourth-order valence-corrected chi connectivity index (χ4v) is 2.02. The molecule has 0 amide bonds. The zero-order valence-corrected chi connectivity index (χ0v) is 13.1. The minimum absolute atomic E-state index is 0.336. The molecule has 0 aromatic heterocycles. The van der Waals surface area contributed by atoms with Crippen LogP contribution in [0.5, 0.6) is 17.2 Å². The highest BCUT2D eigenvalue weighted by molar-refractivity contribution is 5.52. The molecular weight excluding hydrogens is 258 g/mol. The molecule has 20 heavy (non-hydrogen) atoms. The highest BCUT2D eigenvalue weighted by Gasteiger charge is 2.31. The molecule has 0 fully saturated rings. The second-order valence-electron chi connectivity index (χ2n) is 5.79. The third kappa shape index (κ3) is 3.35. The molecule has 3 N–H and O–H groups in total. The van der Waals surface area contributed by atoms with Crippen LogP contribution in [0.15, 0.2) is 12.1 Å². The van der Waals surface area contributed by atoms with Crippen LogP contribution in [0.4, 0.5) is 0 Å². The number of aliphatic hydroxyl groups excluding tert-OH is 1. The second-order valence-corrected chi connectivity index (χ2v) is 5.79. The van der Waals surface area contributed by atoms with Crippen LogP contribution in [0.3, 0.4) is 0 Å². The molecule has 0 aliphatic carbocycles. The van der Waals surface area contributed by atoms with E-state index in [0.29, 0.717) is 22.8 Å². The maximum atomic E-state index is 10.4. The fraction of sp³-hybridized carbons (Fsp3) is 0.600. The molecule has 0 saturated heterocycles. The zero-order valence-electron chi connectivity index (χ0n) is 13.1. The van der Waals surface area contributed by atoms with E-state index in [-0.39, 0.29) is 5.41 Å². The summed E-state index contributed by atoms with van der Waals surface area (Å²) in [5, 5.41) is 10.4. The molecule has 1 aromatic rings. The molecule has 0 unspecified atom stereocenters. The second kappa shape index (κ2) is 6.33. The molecule has 1 rings (SSSR count). The van der Waals surface area contributed by atoms with Crippen LogP contribution in [0, 0.1) is 5.41 Å². The Morgan fingerprint density at radius 2 is 1.40 bits per heavy atom. The Labute approximate surface area is 120 Å². The maximum Gasteiger partial charge on any atom is 0.164 e. The standard InChI is InChI=1S/C15H25NO4/c1-15(2,3)14(17)13(16)9-7-11(19-5)12(20-6)8-10(9)18-4/h7-8,13-14,17H,16H2,1-6H3/t13-,14-/m1/s1. The Bertz CT molecular complexity index is 454. The van der Waals surface area contributed by atoms with E-state index in [1.807, 2.05) is 20.8 Å². The Balaban J connectivity index is 3.29. The van der Waals surface area contributed by atoms with Gasteiger partial charge in [0.25, 0.3) is 0 Å². The first-order valence-corrected chi connectivity index (χ1v) is 6.49. The summed E-state index contributed by atoms with van der Waals surface area (Å²) in [6.07, 6.45) is -0.713. The Kier molecular flexibility index (Phi) is 5.25. The molecule has 1 aromatic carbocycles. The Morgan fingerprint density at radius 1 is 0.950 bits per heavy atom. The zero-order chi connectivity index (χ0) is 15.5. The van der Waals surface area contributed by atoms with E-state index >= 15 is 0 Å². The summed E-state index contributed by atoms with van der Waals surface area (Å²) in [4.78, 5) is 0. The minimum Gasteiger partial charge on any atom is -0.496 e. The van der Waals surface area contributed by atoms with Crippen molar-refractivity contribution in [2.45, 2.75) is 32.9 Å². The van der Waals surface area contributed by atoms with Crippen molar-refractivity contribution in [3.05, 3.63) is 17.7 Å². The molecule has 0 aliphatic heterocycles. The summed E-state index contributed by atoms with van der Waals surface area (Å²) in [5.41, 5.74) is 6.54. The number of aliphatic hydroxyl groups is 1. The summed E-state index contributed by atoms with van der Waals surface area (Å²) >= 11 is 0. The van der Waals surface area contributed by atoms with Crippen molar-refractivity contribution in [3.8, 4) is 17.2 Å². The van der Waals surface area contributed by atoms with Gasteiger partial charge < -0.3 is 25.1 Å². The number of methoxy groups -OCH3 is 3. The fourth-order valence-electron chi connectivity index (χ4n) is 2.02. The topological polar surface area (TPSA) is 73.9 Å². The Morgan fingerprint density at radius 3 is 1.80 bits per heavy atom. The van der Waals surface area contributed by atoms with E-state index in [1.165, 1.54) is 0 Å².